The molecule has 2 rings (SSSR count). The van der Waals surface area contributed by atoms with E-state index in [4.69, 9.17) is 0 Å². The molecule has 1 N–H and O–H groups in total. The zero-order chi connectivity index (χ0) is 14.8. The number of aliphatic hydroxyl groups excluding tert-OH is 1. The second kappa shape index (κ2) is 5.71. The topological polar surface area (TPSA) is 25.2 Å². The lowest BCUT2D eigenvalue weighted by Crippen LogP contribution is -2.05. The van der Waals surface area contributed by atoms with Crippen LogP contribution in [0.1, 0.15) is 36.1 Å². The molecule has 2 aromatic rings. The molecule has 108 valence electrons. The molecule has 0 fully saturated rings. The smallest absolute Gasteiger partial charge is 0.388 e. The molecular weight excluding hydrogens is 267 g/mol. The van der Waals surface area contributed by atoms with Crippen molar-refractivity contribution in [2.75, 3.05) is 0 Å². The maximum absolute atomic E-state index is 12.4. The third kappa shape index (κ3) is 3.42. The number of alkyl halides is 3. The van der Waals surface area contributed by atoms with Crippen molar-refractivity contribution in [3.05, 3.63) is 59.4 Å². The summed E-state index contributed by atoms with van der Waals surface area (Å²) in [5, 5.41) is 9.70. The molecule has 0 bridgehead atoms. The summed E-state index contributed by atoms with van der Waals surface area (Å²) >= 11 is 0. The fourth-order valence-corrected chi connectivity index (χ4v) is 2.00. The van der Waals surface area contributed by atoms with Crippen molar-refractivity contribution in [2.24, 2.45) is 0 Å². The average Bonchev–Trinajstić information content (AvgIpc) is 2.86. The lowest BCUT2D eigenvalue weighted by molar-refractivity contribution is -0.137. The van der Waals surface area contributed by atoms with Crippen LogP contribution in [0.5, 0.6) is 0 Å². The molecule has 1 aromatic carbocycles. The van der Waals surface area contributed by atoms with Crippen molar-refractivity contribution in [3.63, 3.8) is 0 Å². The molecule has 2 nitrogen and oxygen atoms in total. The fourth-order valence-electron chi connectivity index (χ4n) is 2.00. The highest BCUT2D eigenvalue weighted by Crippen LogP contribution is 2.29. The largest absolute Gasteiger partial charge is 0.416 e. The summed E-state index contributed by atoms with van der Waals surface area (Å²) in [6, 6.07) is 6.93. The van der Waals surface area contributed by atoms with Gasteiger partial charge in [0.2, 0.25) is 0 Å². The molecule has 0 aliphatic carbocycles. The molecule has 1 atom stereocenters. The fraction of sp³-hybridized carbons (Fsp3) is 0.333. The third-order valence-corrected chi connectivity index (χ3v) is 3.19. The Bertz CT molecular complexity index is 557. The Morgan fingerprint density at radius 3 is 2.35 bits per heavy atom. The van der Waals surface area contributed by atoms with E-state index in [1.165, 1.54) is 12.1 Å². The van der Waals surface area contributed by atoms with Crippen LogP contribution in [0, 0.1) is 0 Å². The van der Waals surface area contributed by atoms with Crippen LogP contribution in [-0.2, 0) is 12.7 Å². The van der Waals surface area contributed by atoms with Gasteiger partial charge in [0.25, 0.3) is 0 Å². The van der Waals surface area contributed by atoms with Gasteiger partial charge >= 0.3 is 6.18 Å². The molecule has 1 unspecified atom stereocenters. The van der Waals surface area contributed by atoms with Gasteiger partial charge in [-0.1, -0.05) is 19.1 Å². The van der Waals surface area contributed by atoms with E-state index in [1.54, 1.807) is 0 Å². The Kier molecular flexibility index (Phi) is 4.18. The summed E-state index contributed by atoms with van der Waals surface area (Å²) in [7, 11) is 0. The van der Waals surface area contributed by atoms with Crippen LogP contribution >= 0.6 is 0 Å². The Balaban J connectivity index is 2.08. The molecule has 0 spiro atoms. The monoisotopic (exact) mass is 283 g/mol. The van der Waals surface area contributed by atoms with Crippen LogP contribution in [0.3, 0.4) is 0 Å². The molecule has 0 saturated heterocycles. The Labute approximate surface area is 115 Å². The van der Waals surface area contributed by atoms with E-state index in [0.717, 1.165) is 23.3 Å². The predicted octanol–water partition coefficient (Wildman–Crippen LogP) is 4.00. The Morgan fingerprint density at radius 1 is 1.15 bits per heavy atom. The molecule has 0 aliphatic rings. The van der Waals surface area contributed by atoms with Crippen LogP contribution in [-0.4, -0.2) is 9.67 Å². The van der Waals surface area contributed by atoms with Crippen molar-refractivity contribution in [1.82, 2.24) is 4.57 Å². The second-order valence-corrected chi connectivity index (χ2v) is 4.74. The van der Waals surface area contributed by atoms with Crippen molar-refractivity contribution < 1.29 is 18.3 Å². The third-order valence-electron chi connectivity index (χ3n) is 3.19. The summed E-state index contributed by atoms with van der Waals surface area (Å²) in [4.78, 5) is 0. The van der Waals surface area contributed by atoms with Gasteiger partial charge in [-0.25, -0.2) is 0 Å². The highest BCUT2D eigenvalue weighted by atomic mass is 19.4. The number of benzene rings is 1. The zero-order valence-electron chi connectivity index (χ0n) is 11.1. The van der Waals surface area contributed by atoms with Gasteiger partial charge in [-0.2, -0.15) is 13.2 Å². The van der Waals surface area contributed by atoms with E-state index in [-0.39, 0.29) is 0 Å². The number of hydrogen-bond acceptors (Lipinski definition) is 1. The van der Waals surface area contributed by atoms with Crippen LogP contribution in [0.2, 0.25) is 0 Å². The number of halogens is 3. The quantitative estimate of drug-likeness (QED) is 0.901. The maximum Gasteiger partial charge on any atom is 0.416 e. The molecule has 1 heterocycles. The first kappa shape index (κ1) is 14.7. The van der Waals surface area contributed by atoms with Gasteiger partial charge in [0.15, 0.2) is 0 Å². The molecule has 0 radical (unpaired) electrons. The van der Waals surface area contributed by atoms with Gasteiger partial charge in [-0.05, 0) is 35.7 Å². The first-order valence-corrected chi connectivity index (χ1v) is 6.40. The minimum atomic E-state index is -4.30. The number of rotatable bonds is 4. The number of nitrogens with zero attached hydrogens (tertiary/aromatic N) is 1. The van der Waals surface area contributed by atoms with Crippen molar-refractivity contribution in [3.8, 4) is 0 Å². The Morgan fingerprint density at radius 2 is 1.80 bits per heavy atom. The van der Waals surface area contributed by atoms with Gasteiger partial charge in [0, 0.05) is 18.9 Å². The van der Waals surface area contributed by atoms with Crippen LogP contribution in [0.25, 0.3) is 0 Å². The van der Waals surface area contributed by atoms with E-state index in [1.807, 2.05) is 30.0 Å². The average molecular weight is 283 g/mol. The minimum absolute atomic E-state index is 0.481. The van der Waals surface area contributed by atoms with Gasteiger partial charge in [-0.3, -0.25) is 0 Å². The number of hydrogen-bond donors (Lipinski definition) is 1. The van der Waals surface area contributed by atoms with E-state index >= 15 is 0 Å². The SMILES string of the molecule is CCC(O)c1ccn(Cc2ccc(C(F)(F)F)cc2)c1. The van der Waals surface area contributed by atoms with Gasteiger partial charge in [0.05, 0.1) is 11.7 Å². The van der Waals surface area contributed by atoms with Crippen LogP contribution in [0.15, 0.2) is 42.7 Å². The van der Waals surface area contributed by atoms with Gasteiger partial charge in [0.1, 0.15) is 0 Å². The minimum Gasteiger partial charge on any atom is -0.388 e. The van der Waals surface area contributed by atoms with E-state index in [0.29, 0.717) is 13.0 Å². The highest BCUT2D eigenvalue weighted by molar-refractivity contribution is 5.25. The lowest BCUT2D eigenvalue weighted by Gasteiger charge is -2.08. The molecule has 5 heteroatoms. The van der Waals surface area contributed by atoms with Crippen molar-refractivity contribution in [1.29, 1.82) is 0 Å². The highest BCUT2D eigenvalue weighted by Gasteiger charge is 2.29. The predicted molar refractivity (Wildman–Crippen MR) is 70.2 cm³/mol. The lowest BCUT2D eigenvalue weighted by atomic mass is 10.1. The molecule has 0 saturated carbocycles. The first-order valence-electron chi connectivity index (χ1n) is 6.40. The Hall–Kier alpha value is -1.75. The first-order chi connectivity index (χ1) is 9.40. The normalized spacial score (nSPS) is 13.4. The van der Waals surface area contributed by atoms with Crippen molar-refractivity contribution in [2.45, 2.75) is 32.2 Å². The summed E-state index contributed by atoms with van der Waals surface area (Å²) < 4.78 is 39.2. The molecular formula is C15H16F3NO. The number of aromatic nitrogens is 1. The van der Waals surface area contributed by atoms with E-state index < -0.39 is 17.8 Å². The van der Waals surface area contributed by atoms with E-state index in [9.17, 15) is 18.3 Å². The second-order valence-electron chi connectivity index (χ2n) is 4.74. The van der Waals surface area contributed by atoms with Crippen LogP contribution in [0.4, 0.5) is 13.2 Å². The number of aliphatic hydroxyl groups is 1. The molecule has 0 aliphatic heterocycles. The standard InChI is InChI=1S/C15H16F3NO/c1-2-14(20)12-7-8-19(10-12)9-11-3-5-13(6-4-11)15(16,17)18/h3-8,10,14,20H,2,9H2,1H3. The van der Waals surface area contributed by atoms with E-state index in [2.05, 4.69) is 0 Å². The summed E-state index contributed by atoms with van der Waals surface area (Å²) in [5.74, 6) is 0. The summed E-state index contributed by atoms with van der Waals surface area (Å²) in [6.07, 6.45) is -0.546. The summed E-state index contributed by atoms with van der Waals surface area (Å²) in [6.45, 7) is 2.37. The van der Waals surface area contributed by atoms with Gasteiger partial charge in [-0.15, -0.1) is 0 Å². The molecule has 0 amide bonds. The van der Waals surface area contributed by atoms with Gasteiger partial charge < -0.3 is 9.67 Å². The maximum atomic E-state index is 12.4. The van der Waals surface area contributed by atoms with Crippen LogP contribution < -0.4 is 0 Å². The zero-order valence-corrected chi connectivity index (χ0v) is 11.1. The summed E-state index contributed by atoms with van der Waals surface area (Å²) in [5.41, 5.74) is 0.960. The molecule has 1 aromatic heterocycles. The molecule has 20 heavy (non-hydrogen) atoms. The van der Waals surface area contributed by atoms with Crippen molar-refractivity contribution >= 4 is 0 Å².